The fraction of sp³-hybridized carbons (Fsp3) is 0.367. The summed E-state index contributed by atoms with van der Waals surface area (Å²) in [6.07, 6.45) is 7.54. The molecule has 2 aliphatic rings. The fourth-order valence-electron chi connectivity index (χ4n) is 5.14. The first-order valence-electron chi connectivity index (χ1n) is 13.8. The van der Waals surface area contributed by atoms with E-state index in [1.54, 1.807) is 36.8 Å². The molecule has 5 heterocycles. The summed E-state index contributed by atoms with van der Waals surface area (Å²) in [6.45, 7) is 4.40. The molecule has 11 heteroatoms. The molecule has 2 aliphatic heterocycles. The minimum absolute atomic E-state index is 0.0653. The van der Waals surface area contributed by atoms with Gasteiger partial charge in [-0.05, 0) is 74.2 Å². The number of carbonyl (C=O) groups excluding carboxylic acids is 1. The third-order valence-electron chi connectivity index (χ3n) is 7.44. The number of ether oxygens (including phenoxy) is 2. The molecular weight excluding hydrogens is 525 g/mol. The van der Waals surface area contributed by atoms with Crippen LogP contribution >= 0.6 is 0 Å². The van der Waals surface area contributed by atoms with Crippen molar-refractivity contribution < 1.29 is 18.7 Å². The van der Waals surface area contributed by atoms with E-state index in [1.165, 1.54) is 12.1 Å². The Morgan fingerprint density at radius 2 is 1.76 bits per heavy atom. The molecule has 1 aromatic carbocycles. The summed E-state index contributed by atoms with van der Waals surface area (Å²) < 4.78 is 25.9. The van der Waals surface area contributed by atoms with Gasteiger partial charge in [0, 0.05) is 43.8 Å². The van der Waals surface area contributed by atoms with E-state index in [4.69, 9.17) is 19.4 Å². The maximum atomic E-state index is 13.7. The van der Waals surface area contributed by atoms with Crippen LogP contribution < -0.4 is 5.32 Å². The highest BCUT2D eigenvalue weighted by Gasteiger charge is 2.43. The van der Waals surface area contributed by atoms with Crippen molar-refractivity contribution in [3.05, 3.63) is 78.3 Å². The third kappa shape index (κ3) is 5.96. The van der Waals surface area contributed by atoms with Gasteiger partial charge in [-0.15, -0.1) is 0 Å². The molecule has 0 spiro atoms. The van der Waals surface area contributed by atoms with Gasteiger partial charge >= 0.3 is 0 Å². The number of rotatable bonds is 7. The number of hydrogen-bond acceptors (Lipinski definition) is 8. The molecule has 4 aromatic rings. The van der Waals surface area contributed by atoms with Gasteiger partial charge < -0.3 is 24.7 Å². The molecule has 0 unspecified atom stereocenters. The van der Waals surface area contributed by atoms with Gasteiger partial charge in [-0.25, -0.2) is 19.3 Å². The molecule has 0 bridgehead atoms. The number of piperidine rings is 1. The predicted octanol–water partition coefficient (Wildman–Crippen LogP) is 4.74. The van der Waals surface area contributed by atoms with E-state index >= 15 is 0 Å². The molecule has 0 atom stereocenters. The number of aromatic amines is 1. The normalized spacial score (nSPS) is 21.0. The van der Waals surface area contributed by atoms with E-state index in [9.17, 15) is 9.18 Å². The van der Waals surface area contributed by atoms with Crippen molar-refractivity contribution in [3.63, 3.8) is 0 Å². The second-order valence-corrected chi connectivity index (χ2v) is 10.7. The van der Waals surface area contributed by atoms with E-state index in [-0.39, 0.29) is 24.9 Å². The van der Waals surface area contributed by atoms with Crippen LogP contribution in [0.1, 0.15) is 43.9 Å². The fourth-order valence-corrected chi connectivity index (χ4v) is 5.14. The van der Waals surface area contributed by atoms with Gasteiger partial charge in [-0.1, -0.05) is 0 Å². The zero-order chi connectivity index (χ0) is 28.2. The molecule has 212 valence electrons. The smallest absolute Gasteiger partial charge is 0.233 e. The zero-order valence-electron chi connectivity index (χ0n) is 22.8. The Balaban J connectivity index is 1.25. The average Bonchev–Trinajstić information content (AvgIpc) is 3.47. The van der Waals surface area contributed by atoms with Gasteiger partial charge in [0.05, 0.1) is 35.7 Å². The molecule has 2 fully saturated rings. The van der Waals surface area contributed by atoms with E-state index in [0.29, 0.717) is 41.0 Å². The molecule has 0 saturated carbocycles. The lowest BCUT2D eigenvalue weighted by Crippen LogP contribution is -2.51. The van der Waals surface area contributed by atoms with E-state index in [1.807, 2.05) is 24.0 Å². The highest BCUT2D eigenvalue weighted by Crippen LogP contribution is 2.36. The minimum atomic E-state index is -0.795. The lowest BCUT2D eigenvalue weighted by atomic mass is 9.89. The zero-order valence-corrected chi connectivity index (χ0v) is 22.8. The summed E-state index contributed by atoms with van der Waals surface area (Å²) in [6, 6.07) is 11.7. The number of benzene rings is 1. The second-order valence-electron chi connectivity index (χ2n) is 10.7. The molecule has 6 rings (SSSR count). The number of anilines is 1. The highest BCUT2D eigenvalue weighted by atomic mass is 19.1. The Morgan fingerprint density at radius 3 is 2.49 bits per heavy atom. The summed E-state index contributed by atoms with van der Waals surface area (Å²) in [4.78, 5) is 36.4. The lowest BCUT2D eigenvalue weighted by Gasteiger charge is -2.40. The van der Waals surface area contributed by atoms with Crippen LogP contribution in [0.5, 0.6) is 0 Å². The van der Waals surface area contributed by atoms with Gasteiger partial charge in [0.25, 0.3) is 0 Å². The van der Waals surface area contributed by atoms with E-state index < -0.39 is 11.7 Å². The minimum Gasteiger partial charge on any atom is -0.350 e. The first-order chi connectivity index (χ1) is 20.0. The van der Waals surface area contributed by atoms with E-state index in [2.05, 4.69) is 20.3 Å². The number of pyridine rings is 1. The summed E-state index contributed by atoms with van der Waals surface area (Å²) in [5, 5.41) is 3.24. The molecular formula is C30H32FN7O3. The van der Waals surface area contributed by atoms with Crippen molar-refractivity contribution in [2.45, 2.75) is 39.0 Å². The van der Waals surface area contributed by atoms with Crippen LogP contribution in [0.15, 0.2) is 61.1 Å². The summed E-state index contributed by atoms with van der Waals surface area (Å²) in [7, 11) is 0. The number of carbonyl (C=O) groups is 1. The molecule has 3 aromatic heterocycles. The van der Waals surface area contributed by atoms with Crippen LogP contribution in [0, 0.1) is 11.2 Å². The Kier molecular flexibility index (Phi) is 7.71. The molecule has 0 aliphatic carbocycles. The molecule has 41 heavy (non-hydrogen) atoms. The maximum Gasteiger partial charge on any atom is 0.233 e. The molecule has 2 saturated heterocycles. The number of amides is 1. The quantitative estimate of drug-likeness (QED) is 0.335. The number of H-pyrrole nitrogens is 1. The van der Waals surface area contributed by atoms with E-state index in [0.717, 1.165) is 37.9 Å². The second kappa shape index (κ2) is 11.7. The topological polar surface area (TPSA) is 118 Å². The number of hydrogen-bond donors (Lipinski definition) is 2. The number of nitrogens with zero attached hydrogens (tertiary/aromatic N) is 5. The van der Waals surface area contributed by atoms with Gasteiger partial charge in [-0.2, -0.15) is 0 Å². The van der Waals surface area contributed by atoms with Crippen LogP contribution in [-0.2, 0) is 20.8 Å². The third-order valence-corrected chi connectivity index (χ3v) is 7.44. The first kappa shape index (κ1) is 27.0. The maximum absolute atomic E-state index is 13.7. The van der Waals surface area contributed by atoms with Gasteiger partial charge in [-0.3, -0.25) is 9.78 Å². The average molecular weight is 558 g/mol. The summed E-state index contributed by atoms with van der Waals surface area (Å²) in [5.74, 6) is 0.609. The Morgan fingerprint density at radius 1 is 1.02 bits per heavy atom. The van der Waals surface area contributed by atoms with Gasteiger partial charge in [0.1, 0.15) is 5.82 Å². The van der Waals surface area contributed by atoms with Crippen molar-refractivity contribution in [1.29, 1.82) is 0 Å². The SMILES string of the molecule is CC1(C(=O)N2CCCCC2)COC(c2nc(-c3ccc(F)cc3)c(-c3ccnc(NCc4ccncc4)n3)[nH]2)OC1. The first-order valence-corrected chi connectivity index (χ1v) is 13.8. The number of imidazole rings is 1. The van der Waals surface area contributed by atoms with Crippen molar-refractivity contribution in [2.24, 2.45) is 5.41 Å². The number of likely N-dealkylation sites (tertiary alicyclic amines) is 1. The monoisotopic (exact) mass is 557 g/mol. The van der Waals surface area contributed by atoms with Gasteiger partial charge in [0.2, 0.25) is 18.1 Å². The van der Waals surface area contributed by atoms with Crippen LogP contribution in [-0.4, -0.2) is 62.0 Å². The number of nitrogens with one attached hydrogen (secondary N) is 2. The molecule has 10 nitrogen and oxygen atoms in total. The Labute approximate surface area is 237 Å². The summed E-state index contributed by atoms with van der Waals surface area (Å²) >= 11 is 0. The van der Waals surface area contributed by atoms with Crippen LogP contribution in [0.3, 0.4) is 0 Å². The van der Waals surface area contributed by atoms with Crippen molar-refractivity contribution in [1.82, 2.24) is 29.8 Å². The molecule has 1 amide bonds. The Bertz CT molecular complexity index is 1480. The number of aromatic nitrogens is 5. The van der Waals surface area contributed by atoms with Crippen molar-refractivity contribution in [2.75, 3.05) is 31.6 Å². The largest absolute Gasteiger partial charge is 0.350 e. The summed E-state index contributed by atoms with van der Waals surface area (Å²) in [5.41, 5.74) is 2.77. The Hall–Kier alpha value is -4.22. The highest BCUT2D eigenvalue weighted by molar-refractivity contribution is 5.83. The molecule has 2 N–H and O–H groups in total. The molecule has 0 radical (unpaired) electrons. The predicted molar refractivity (Wildman–Crippen MR) is 150 cm³/mol. The lowest BCUT2D eigenvalue weighted by molar-refractivity contribution is -0.234. The number of halogens is 1. The van der Waals surface area contributed by atoms with Crippen LogP contribution in [0.4, 0.5) is 10.3 Å². The van der Waals surface area contributed by atoms with Crippen LogP contribution in [0.2, 0.25) is 0 Å². The van der Waals surface area contributed by atoms with Gasteiger partial charge in [0.15, 0.2) is 5.82 Å². The van der Waals surface area contributed by atoms with Crippen LogP contribution in [0.25, 0.3) is 22.6 Å². The standard InChI is InChI=1S/C30H32FN7O3/c1-30(28(39)38-15-3-2-4-16-38)18-40-27(41-19-30)26-36-24(21-5-7-22(31)8-6-21)25(37-26)23-11-14-33-29(35-23)34-17-20-9-12-32-13-10-20/h5-14,27H,2-4,15-19H2,1H3,(H,36,37)(H,33,34,35). The van der Waals surface area contributed by atoms with Crippen molar-refractivity contribution >= 4 is 11.9 Å². The van der Waals surface area contributed by atoms with Crippen molar-refractivity contribution in [3.8, 4) is 22.6 Å².